The maximum absolute atomic E-state index is 5.80. The zero-order valence-corrected chi connectivity index (χ0v) is 12.8. The van der Waals surface area contributed by atoms with Crippen LogP contribution in [0.4, 0.5) is 0 Å². The molecule has 19 heavy (non-hydrogen) atoms. The molecule has 1 N–H and O–H groups in total. The fourth-order valence-corrected chi connectivity index (χ4v) is 3.85. The Morgan fingerprint density at radius 3 is 2.95 bits per heavy atom. The van der Waals surface area contributed by atoms with E-state index in [-0.39, 0.29) is 0 Å². The van der Waals surface area contributed by atoms with E-state index in [9.17, 15) is 0 Å². The van der Waals surface area contributed by atoms with E-state index in [4.69, 9.17) is 4.74 Å². The summed E-state index contributed by atoms with van der Waals surface area (Å²) in [5.74, 6) is 1.76. The molecule has 2 rings (SSSR count). The molecule has 2 nitrogen and oxygen atoms in total. The zero-order chi connectivity index (χ0) is 13.5. The number of thioether (sulfide) groups is 1. The van der Waals surface area contributed by atoms with Crippen LogP contribution in [0.5, 0.6) is 0 Å². The summed E-state index contributed by atoms with van der Waals surface area (Å²) in [6, 6.07) is 9.25. The van der Waals surface area contributed by atoms with Crippen molar-refractivity contribution in [2.45, 2.75) is 43.5 Å². The maximum atomic E-state index is 5.80. The van der Waals surface area contributed by atoms with Crippen LogP contribution in [-0.4, -0.2) is 31.6 Å². The number of nitrogens with one attached hydrogen (secondary N) is 1. The summed E-state index contributed by atoms with van der Waals surface area (Å²) in [5.41, 5.74) is 1.50. The average molecular weight is 279 g/mol. The largest absolute Gasteiger partial charge is 0.380 e. The first-order valence-electron chi connectivity index (χ1n) is 7.39. The van der Waals surface area contributed by atoms with Gasteiger partial charge in [-0.3, -0.25) is 0 Å². The fraction of sp³-hybridized carbons (Fsp3) is 0.625. The van der Waals surface area contributed by atoms with E-state index in [0.717, 1.165) is 26.2 Å². The van der Waals surface area contributed by atoms with E-state index in [0.29, 0.717) is 12.0 Å². The van der Waals surface area contributed by atoms with Crippen molar-refractivity contribution < 1.29 is 4.74 Å². The smallest absolute Gasteiger partial charge is 0.0625 e. The van der Waals surface area contributed by atoms with Gasteiger partial charge in [-0.25, -0.2) is 0 Å². The molecule has 0 bridgehead atoms. The van der Waals surface area contributed by atoms with Gasteiger partial charge in [0.1, 0.15) is 0 Å². The molecule has 2 unspecified atom stereocenters. The number of ether oxygens (including phenoxy) is 1. The van der Waals surface area contributed by atoms with Gasteiger partial charge in [0.15, 0.2) is 0 Å². The third-order valence-electron chi connectivity index (χ3n) is 3.52. The third-order valence-corrected chi connectivity index (χ3v) is 4.73. The zero-order valence-electron chi connectivity index (χ0n) is 12.0. The summed E-state index contributed by atoms with van der Waals surface area (Å²) >= 11 is 1.98. The van der Waals surface area contributed by atoms with Gasteiger partial charge in [0.05, 0.1) is 6.61 Å². The van der Waals surface area contributed by atoms with Gasteiger partial charge in [0.25, 0.3) is 0 Å². The van der Waals surface area contributed by atoms with Crippen LogP contribution in [0.15, 0.2) is 29.2 Å². The Morgan fingerprint density at radius 1 is 1.32 bits per heavy atom. The highest BCUT2D eigenvalue weighted by atomic mass is 32.2. The summed E-state index contributed by atoms with van der Waals surface area (Å²) in [7, 11) is 0. The Labute approximate surface area is 121 Å². The van der Waals surface area contributed by atoms with E-state index in [1.807, 2.05) is 11.8 Å². The number of rotatable bonds is 8. The second kappa shape index (κ2) is 7.93. The van der Waals surface area contributed by atoms with Crippen molar-refractivity contribution in [2.75, 3.05) is 25.5 Å². The van der Waals surface area contributed by atoms with Gasteiger partial charge in [-0.15, -0.1) is 11.8 Å². The van der Waals surface area contributed by atoms with Crippen molar-refractivity contribution in [3.63, 3.8) is 0 Å². The van der Waals surface area contributed by atoms with Crippen LogP contribution in [0.25, 0.3) is 0 Å². The molecule has 0 saturated heterocycles. The Morgan fingerprint density at radius 2 is 2.16 bits per heavy atom. The normalized spacial score (nSPS) is 19.4. The van der Waals surface area contributed by atoms with Crippen LogP contribution in [0.1, 0.15) is 38.2 Å². The minimum Gasteiger partial charge on any atom is -0.380 e. The Kier molecular flexibility index (Phi) is 6.21. The number of benzene rings is 1. The molecule has 3 heteroatoms. The fourth-order valence-electron chi connectivity index (χ4n) is 2.52. The SMILES string of the molecule is CCCNC(COCCC)C1CSc2ccccc21. The van der Waals surface area contributed by atoms with Crippen molar-refractivity contribution in [3.05, 3.63) is 29.8 Å². The first-order valence-corrected chi connectivity index (χ1v) is 8.38. The molecule has 2 atom stereocenters. The van der Waals surface area contributed by atoms with Crippen LogP contribution in [0.3, 0.4) is 0 Å². The van der Waals surface area contributed by atoms with E-state index in [2.05, 4.69) is 43.4 Å². The van der Waals surface area contributed by atoms with Crippen molar-refractivity contribution in [1.29, 1.82) is 0 Å². The maximum Gasteiger partial charge on any atom is 0.0625 e. The lowest BCUT2D eigenvalue weighted by atomic mass is 9.93. The molecule has 0 radical (unpaired) electrons. The van der Waals surface area contributed by atoms with E-state index >= 15 is 0 Å². The first kappa shape index (κ1) is 14.9. The molecule has 1 heterocycles. The summed E-state index contributed by atoms with van der Waals surface area (Å²) in [6.45, 7) is 7.15. The first-order chi connectivity index (χ1) is 9.36. The van der Waals surface area contributed by atoms with Gasteiger partial charge in [-0.2, -0.15) is 0 Å². The molecular weight excluding hydrogens is 254 g/mol. The van der Waals surface area contributed by atoms with Gasteiger partial charge in [0.2, 0.25) is 0 Å². The Bertz CT molecular complexity index is 383. The number of hydrogen-bond acceptors (Lipinski definition) is 3. The summed E-state index contributed by atoms with van der Waals surface area (Å²) in [4.78, 5) is 1.45. The number of fused-ring (bicyclic) bond motifs is 1. The standard InChI is InChI=1S/C16H25NOS/c1-3-9-17-15(11-18-10-4-2)14-12-19-16-8-6-5-7-13(14)16/h5-8,14-15,17H,3-4,9-12H2,1-2H3. The predicted octanol–water partition coefficient (Wildman–Crippen LogP) is 3.67. The van der Waals surface area contributed by atoms with Gasteiger partial charge in [-0.1, -0.05) is 32.0 Å². The lowest BCUT2D eigenvalue weighted by Crippen LogP contribution is -2.39. The summed E-state index contributed by atoms with van der Waals surface area (Å²) in [6.07, 6.45) is 2.27. The highest BCUT2D eigenvalue weighted by Gasteiger charge is 2.29. The monoisotopic (exact) mass is 279 g/mol. The second-order valence-corrected chi connectivity index (χ2v) is 6.15. The molecule has 1 aromatic rings. The van der Waals surface area contributed by atoms with Gasteiger partial charge in [-0.05, 0) is 31.0 Å². The molecule has 0 spiro atoms. The van der Waals surface area contributed by atoms with Gasteiger partial charge in [0, 0.05) is 29.2 Å². The quantitative estimate of drug-likeness (QED) is 0.734. The van der Waals surface area contributed by atoms with E-state index < -0.39 is 0 Å². The average Bonchev–Trinajstić information content (AvgIpc) is 2.87. The minimum absolute atomic E-state index is 0.447. The summed E-state index contributed by atoms with van der Waals surface area (Å²) in [5, 5.41) is 3.67. The third kappa shape index (κ3) is 3.98. The van der Waals surface area contributed by atoms with Crippen molar-refractivity contribution in [3.8, 4) is 0 Å². The molecule has 0 amide bonds. The summed E-state index contributed by atoms with van der Waals surface area (Å²) < 4.78 is 5.80. The van der Waals surface area contributed by atoms with E-state index in [1.54, 1.807) is 0 Å². The second-order valence-electron chi connectivity index (χ2n) is 5.09. The predicted molar refractivity (Wildman–Crippen MR) is 83.1 cm³/mol. The Hall–Kier alpha value is -0.510. The molecule has 0 fully saturated rings. The molecule has 0 aromatic heterocycles. The number of hydrogen-bond donors (Lipinski definition) is 1. The molecule has 1 aromatic carbocycles. The van der Waals surface area contributed by atoms with Crippen molar-refractivity contribution >= 4 is 11.8 Å². The molecule has 1 aliphatic heterocycles. The lowest BCUT2D eigenvalue weighted by molar-refractivity contribution is 0.106. The van der Waals surface area contributed by atoms with Crippen molar-refractivity contribution in [2.24, 2.45) is 0 Å². The Balaban J connectivity index is 2.01. The molecular formula is C16H25NOS. The highest BCUT2D eigenvalue weighted by molar-refractivity contribution is 7.99. The van der Waals surface area contributed by atoms with E-state index in [1.165, 1.54) is 22.6 Å². The lowest BCUT2D eigenvalue weighted by Gasteiger charge is -2.25. The highest BCUT2D eigenvalue weighted by Crippen LogP contribution is 2.41. The van der Waals surface area contributed by atoms with Crippen LogP contribution in [-0.2, 0) is 4.74 Å². The topological polar surface area (TPSA) is 21.3 Å². The van der Waals surface area contributed by atoms with Gasteiger partial charge < -0.3 is 10.1 Å². The molecule has 106 valence electrons. The molecule has 0 saturated carbocycles. The van der Waals surface area contributed by atoms with Crippen LogP contribution >= 0.6 is 11.8 Å². The van der Waals surface area contributed by atoms with Gasteiger partial charge >= 0.3 is 0 Å². The van der Waals surface area contributed by atoms with Crippen LogP contribution in [0, 0.1) is 0 Å². The molecule has 0 aliphatic carbocycles. The molecule has 1 aliphatic rings. The van der Waals surface area contributed by atoms with Crippen LogP contribution < -0.4 is 5.32 Å². The van der Waals surface area contributed by atoms with Crippen LogP contribution in [0.2, 0.25) is 0 Å². The minimum atomic E-state index is 0.447. The van der Waals surface area contributed by atoms with Crippen molar-refractivity contribution in [1.82, 2.24) is 5.32 Å².